The van der Waals surface area contributed by atoms with E-state index >= 15 is 0 Å². The Morgan fingerprint density at radius 3 is 2.47 bits per heavy atom. The summed E-state index contributed by atoms with van der Waals surface area (Å²) in [5.74, 6) is 6.17. The van der Waals surface area contributed by atoms with Crippen LogP contribution in [0.25, 0.3) is 0 Å². The molecule has 3 heteroatoms. The molecule has 0 unspecified atom stereocenters. The lowest BCUT2D eigenvalue weighted by Crippen LogP contribution is -2.30. The molecule has 0 bridgehead atoms. The first-order chi connectivity index (χ1) is 8.29. The summed E-state index contributed by atoms with van der Waals surface area (Å²) in [4.78, 5) is 4.49. The molecule has 0 aliphatic heterocycles. The molecule has 0 amide bonds. The van der Waals surface area contributed by atoms with E-state index in [1.807, 2.05) is 61.5 Å². The fourth-order valence-corrected chi connectivity index (χ4v) is 1.60. The minimum Gasteiger partial charge on any atom is -0.308 e. The van der Waals surface area contributed by atoms with Crippen LogP contribution in [0, 0.1) is 6.92 Å². The summed E-state index contributed by atoms with van der Waals surface area (Å²) in [7, 11) is 0. The van der Waals surface area contributed by atoms with Crippen LogP contribution >= 0.6 is 0 Å². The smallest absolute Gasteiger partial charge is 0.147 e. The summed E-state index contributed by atoms with van der Waals surface area (Å²) in [6.07, 6.45) is 0. The highest BCUT2D eigenvalue weighted by Gasteiger charge is 2.00. The number of nitrogens with two attached hydrogens (primary N) is 1. The molecule has 0 aliphatic rings. The molecule has 3 nitrogen and oxygen atoms in total. The van der Waals surface area contributed by atoms with E-state index in [1.165, 1.54) is 5.56 Å². The van der Waals surface area contributed by atoms with E-state index in [0.717, 1.165) is 11.3 Å². The fraction of sp³-hybridized carbons (Fsp3) is 0.0714. The van der Waals surface area contributed by atoms with Crippen LogP contribution in [0.1, 0.15) is 11.1 Å². The van der Waals surface area contributed by atoms with Crippen molar-refractivity contribution < 1.29 is 0 Å². The Kier molecular flexibility index (Phi) is 3.52. The highest BCUT2D eigenvalue weighted by molar-refractivity contribution is 5.99. The maximum atomic E-state index is 5.51. The van der Waals surface area contributed by atoms with E-state index in [1.54, 1.807) is 0 Å². The number of hydrazine groups is 1. The number of amidine groups is 1. The Morgan fingerprint density at radius 1 is 1.06 bits per heavy atom. The van der Waals surface area contributed by atoms with Crippen LogP contribution in [0.5, 0.6) is 0 Å². The fourth-order valence-electron chi connectivity index (χ4n) is 1.60. The van der Waals surface area contributed by atoms with Gasteiger partial charge in [0.25, 0.3) is 0 Å². The second-order valence-electron chi connectivity index (χ2n) is 3.81. The average Bonchev–Trinajstić information content (AvgIpc) is 2.37. The highest BCUT2D eigenvalue weighted by Crippen LogP contribution is 2.14. The van der Waals surface area contributed by atoms with Crippen LogP contribution in [0.3, 0.4) is 0 Å². The maximum Gasteiger partial charge on any atom is 0.147 e. The number of aliphatic imine (C=N–C) groups is 1. The molecule has 0 aromatic heterocycles. The van der Waals surface area contributed by atoms with Crippen molar-refractivity contribution in [3.63, 3.8) is 0 Å². The Labute approximate surface area is 101 Å². The molecule has 0 fully saturated rings. The first-order valence-corrected chi connectivity index (χ1v) is 5.47. The lowest BCUT2D eigenvalue weighted by atomic mass is 10.2. The van der Waals surface area contributed by atoms with E-state index in [4.69, 9.17) is 5.84 Å². The third kappa shape index (κ3) is 2.92. The average molecular weight is 225 g/mol. The molecular formula is C14H15N3. The van der Waals surface area contributed by atoms with E-state index in [0.29, 0.717) is 5.84 Å². The van der Waals surface area contributed by atoms with Crippen LogP contribution in [0.4, 0.5) is 5.69 Å². The molecule has 0 aliphatic carbocycles. The molecule has 0 radical (unpaired) electrons. The second kappa shape index (κ2) is 5.27. The topological polar surface area (TPSA) is 50.4 Å². The van der Waals surface area contributed by atoms with Gasteiger partial charge in [-0.05, 0) is 24.6 Å². The van der Waals surface area contributed by atoms with Crippen molar-refractivity contribution in [3.8, 4) is 0 Å². The molecule has 2 aromatic carbocycles. The lowest BCUT2D eigenvalue weighted by molar-refractivity contribution is 1.02. The van der Waals surface area contributed by atoms with Crippen molar-refractivity contribution in [2.24, 2.45) is 10.8 Å². The summed E-state index contributed by atoms with van der Waals surface area (Å²) in [5.41, 5.74) is 5.67. The number of nitrogens with one attached hydrogen (secondary N) is 1. The van der Waals surface area contributed by atoms with Crippen molar-refractivity contribution in [1.29, 1.82) is 0 Å². The third-order valence-corrected chi connectivity index (χ3v) is 2.43. The number of rotatable bonds is 2. The van der Waals surface area contributed by atoms with E-state index in [2.05, 4.69) is 10.4 Å². The molecule has 3 N–H and O–H groups in total. The summed E-state index contributed by atoms with van der Waals surface area (Å²) < 4.78 is 0. The molecule has 2 aromatic rings. The molecule has 0 saturated carbocycles. The first-order valence-electron chi connectivity index (χ1n) is 5.47. The lowest BCUT2D eigenvalue weighted by Gasteiger charge is -2.05. The molecule has 0 spiro atoms. The molecule has 86 valence electrons. The zero-order valence-corrected chi connectivity index (χ0v) is 9.72. The summed E-state index contributed by atoms with van der Waals surface area (Å²) in [5, 5.41) is 0. The largest absolute Gasteiger partial charge is 0.308 e. The van der Waals surface area contributed by atoms with Crippen molar-refractivity contribution in [2.75, 3.05) is 0 Å². The van der Waals surface area contributed by atoms with Gasteiger partial charge in [0.1, 0.15) is 5.84 Å². The number of nitrogens with zero attached hydrogens (tertiary/aromatic N) is 1. The van der Waals surface area contributed by atoms with Crippen molar-refractivity contribution in [2.45, 2.75) is 6.92 Å². The Bertz CT molecular complexity index is 518. The molecular weight excluding hydrogens is 210 g/mol. The van der Waals surface area contributed by atoms with Gasteiger partial charge in [0.2, 0.25) is 0 Å². The minimum absolute atomic E-state index is 0.663. The number of aryl methyl sites for hydroxylation is 1. The van der Waals surface area contributed by atoms with Gasteiger partial charge in [-0.1, -0.05) is 42.5 Å². The van der Waals surface area contributed by atoms with Gasteiger partial charge >= 0.3 is 0 Å². The van der Waals surface area contributed by atoms with Gasteiger partial charge in [-0.15, -0.1) is 0 Å². The Morgan fingerprint density at radius 2 is 1.82 bits per heavy atom. The van der Waals surface area contributed by atoms with Crippen molar-refractivity contribution in [3.05, 3.63) is 65.7 Å². The quantitative estimate of drug-likeness (QED) is 0.357. The summed E-state index contributed by atoms with van der Waals surface area (Å²) >= 11 is 0. The number of hydrogen-bond donors (Lipinski definition) is 2. The highest BCUT2D eigenvalue weighted by atomic mass is 15.2. The zero-order valence-electron chi connectivity index (χ0n) is 9.72. The Balaban J connectivity index is 2.36. The number of hydrogen-bond acceptors (Lipinski definition) is 2. The molecule has 0 atom stereocenters. The van der Waals surface area contributed by atoms with Crippen molar-refractivity contribution in [1.82, 2.24) is 5.43 Å². The summed E-state index contributed by atoms with van der Waals surface area (Å²) in [6.45, 7) is 2.04. The van der Waals surface area contributed by atoms with Crippen LogP contribution in [-0.4, -0.2) is 5.84 Å². The maximum absolute atomic E-state index is 5.51. The van der Waals surface area contributed by atoms with Gasteiger partial charge in [0.15, 0.2) is 0 Å². The predicted octanol–water partition coefficient (Wildman–Crippen LogP) is 2.54. The molecule has 0 heterocycles. The second-order valence-corrected chi connectivity index (χ2v) is 3.81. The molecule has 17 heavy (non-hydrogen) atoms. The number of benzene rings is 2. The van der Waals surface area contributed by atoms with Gasteiger partial charge in [0, 0.05) is 5.56 Å². The van der Waals surface area contributed by atoms with E-state index < -0.39 is 0 Å². The molecule has 0 saturated heterocycles. The predicted molar refractivity (Wildman–Crippen MR) is 71.1 cm³/mol. The van der Waals surface area contributed by atoms with Crippen LogP contribution in [0.15, 0.2) is 59.6 Å². The Hall–Kier alpha value is -2.13. The first kappa shape index (κ1) is 11.4. The summed E-state index contributed by atoms with van der Waals surface area (Å²) in [6, 6.07) is 17.8. The van der Waals surface area contributed by atoms with Crippen LogP contribution < -0.4 is 11.3 Å². The van der Waals surface area contributed by atoms with Gasteiger partial charge < -0.3 is 5.43 Å². The normalized spacial score (nSPS) is 11.3. The van der Waals surface area contributed by atoms with Gasteiger partial charge in [-0.2, -0.15) is 0 Å². The molecule has 2 rings (SSSR count). The van der Waals surface area contributed by atoms with Crippen LogP contribution in [0.2, 0.25) is 0 Å². The van der Waals surface area contributed by atoms with Gasteiger partial charge in [-0.25, -0.2) is 10.8 Å². The van der Waals surface area contributed by atoms with Gasteiger partial charge in [-0.3, -0.25) is 0 Å². The van der Waals surface area contributed by atoms with E-state index in [9.17, 15) is 0 Å². The van der Waals surface area contributed by atoms with Gasteiger partial charge in [0.05, 0.1) is 5.69 Å². The standard InChI is InChI=1S/C14H15N3/c1-11-6-5-9-13(10-11)16-14(17-15)12-7-3-2-4-8-12/h2-10H,15H2,1H3,(H,16,17). The van der Waals surface area contributed by atoms with Crippen molar-refractivity contribution >= 4 is 11.5 Å². The minimum atomic E-state index is 0.663. The van der Waals surface area contributed by atoms with E-state index in [-0.39, 0.29) is 0 Å². The monoisotopic (exact) mass is 225 g/mol. The SMILES string of the molecule is Cc1cccc(N=C(NN)c2ccccc2)c1. The van der Waals surface area contributed by atoms with Crippen LogP contribution in [-0.2, 0) is 0 Å². The third-order valence-electron chi connectivity index (χ3n) is 2.43. The zero-order chi connectivity index (χ0) is 12.1.